The molecule has 1 rings (SSSR count). The summed E-state index contributed by atoms with van der Waals surface area (Å²) in [5.74, 6) is 0. The lowest BCUT2D eigenvalue weighted by molar-refractivity contribution is 0.152. The van der Waals surface area contributed by atoms with E-state index < -0.39 is 0 Å². The number of rotatable bonds is 3. The van der Waals surface area contributed by atoms with Crippen LogP contribution in [0.4, 0.5) is 0 Å². The monoisotopic (exact) mass is 170 g/mol. The Bertz CT molecular complexity index is 119. The average molecular weight is 170 g/mol. The number of hydrogen-bond acceptors (Lipinski definition) is 2. The molecule has 0 saturated carbocycles. The lowest BCUT2D eigenvalue weighted by atomic mass is 10.0. The molecular formula is C10H22N2. The van der Waals surface area contributed by atoms with Gasteiger partial charge in [0.05, 0.1) is 0 Å². The zero-order valence-electron chi connectivity index (χ0n) is 8.42. The Morgan fingerprint density at radius 2 is 1.83 bits per heavy atom. The van der Waals surface area contributed by atoms with Crippen molar-refractivity contribution in [2.24, 2.45) is 5.73 Å². The molecule has 1 saturated heterocycles. The number of hydrogen-bond donors (Lipinski definition) is 1. The van der Waals surface area contributed by atoms with Crippen molar-refractivity contribution in [3.8, 4) is 0 Å². The van der Waals surface area contributed by atoms with E-state index in [-0.39, 0.29) is 0 Å². The first-order valence-corrected chi connectivity index (χ1v) is 5.25. The molecule has 2 nitrogen and oxygen atoms in total. The lowest BCUT2D eigenvalue weighted by Crippen LogP contribution is -2.47. The van der Waals surface area contributed by atoms with E-state index in [0.717, 1.165) is 6.42 Å². The molecule has 2 N–H and O–H groups in total. The summed E-state index contributed by atoms with van der Waals surface area (Å²) in [5, 5.41) is 0. The molecule has 0 aromatic carbocycles. The topological polar surface area (TPSA) is 29.3 Å². The van der Waals surface area contributed by atoms with Crippen LogP contribution in [0, 0.1) is 0 Å². The highest BCUT2D eigenvalue weighted by molar-refractivity contribution is 4.79. The van der Waals surface area contributed by atoms with Crippen LogP contribution >= 0.6 is 0 Å². The van der Waals surface area contributed by atoms with Crippen molar-refractivity contribution in [1.29, 1.82) is 0 Å². The molecular weight excluding hydrogens is 148 g/mol. The minimum Gasteiger partial charge on any atom is -0.326 e. The van der Waals surface area contributed by atoms with Gasteiger partial charge < -0.3 is 5.73 Å². The van der Waals surface area contributed by atoms with E-state index in [2.05, 4.69) is 18.7 Å². The molecule has 2 unspecified atom stereocenters. The molecule has 2 heteroatoms. The van der Waals surface area contributed by atoms with E-state index in [0.29, 0.717) is 12.1 Å². The molecule has 12 heavy (non-hydrogen) atoms. The summed E-state index contributed by atoms with van der Waals surface area (Å²) in [6.45, 7) is 6.95. The van der Waals surface area contributed by atoms with Gasteiger partial charge in [-0.3, -0.25) is 4.90 Å². The van der Waals surface area contributed by atoms with Crippen LogP contribution in [-0.2, 0) is 0 Å². The predicted molar refractivity (Wildman–Crippen MR) is 53.2 cm³/mol. The van der Waals surface area contributed by atoms with Gasteiger partial charge >= 0.3 is 0 Å². The average Bonchev–Trinajstić information content (AvgIpc) is 2.17. The number of nitrogens with two attached hydrogens (primary N) is 1. The van der Waals surface area contributed by atoms with Crippen molar-refractivity contribution in [2.75, 3.05) is 13.1 Å². The van der Waals surface area contributed by atoms with E-state index in [4.69, 9.17) is 5.73 Å². The minimum absolute atomic E-state index is 0.364. The van der Waals surface area contributed by atoms with Crippen molar-refractivity contribution >= 4 is 0 Å². The fourth-order valence-corrected chi connectivity index (χ4v) is 1.94. The Morgan fingerprint density at radius 1 is 1.25 bits per heavy atom. The minimum atomic E-state index is 0.364. The Kier molecular flexibility index (Phi) is 4.02. The van der Waals surface area contributed by atoms with Gasteiger partial charge in [-0.05, 0) is 39.3 Å². The summed E-state index contributed by atoms with van der Waals surface area (Å²) in [7, 11) is 0. The molecule has 0 bridgehead atoms. The van der Waals surface area contributed by atoms with Crippen molar-refractivity contribution in [2.45, 2.75) is 51.6 Å². The molecule has 1 heterocycles. The second-order valence-corrected chi connectivity index (χ2v) is 3.91. The van der Waals surface area contributed by atoms with Gasteiger partial charge in [0, 0.05) is 12.1 Å². The number of likely N-dealkylation sites (tertiary alicyclic amines) is 1. The summed E-state index contributed by atoms with van der Waals surface area (Å²) in [6, 6.07) is 0.943. The standard InChI is InChI=1S/C10H22N2/c1-3-10(11)9(2)12-7-5-4-6-8-12/h9-10H,3-8,11H2,1-2H3. The molecule has 0 aromatic heterocycles. The summed E-state index contributed by atoms with van der Waals surface area (Å²) < 4.78 is 0. The number of piperidine rings is 1. The smallest absolute Gasteiger partial charge is 0.0218 e. The fraction of sp³-hybridized carbons (Fsp3) is 1.00. The Labute approximate surface area is 76.1 Å². The highest BCUT2D eigenvalue weighted by atomic mass is 15.2. The molecule has 0 spiro atoms. The van der Waals surface area contributed by atoms with Crippen molar-refractivity contribution in [1.82, 2.24) is 4.90 Å². The van der Waals surface area contributed by atoms with Crippen LogP contribution in [0.15, 0.2) is 0 Å². The Hall–Kier alpha value is -0.0800. The zero-order chi connectivity index (χ0) is 8.97. The normalized spacial score (nSPS) is 25.2. The third kappa shape index (κ3) is 2.46. The predicted octanol–water partition coefficient (Wildman–Crippen LogP) is 1.60. The summed E-state index contributed by atoms with van der Waals surface area (Å²) in [6.07, 6.45) is 5.23. The first kappa shape index (κ1) is 10.0. The van der Waals surface area contributed by atoms with E-state index in [1.54, 1.807) is 0 Å². The van der Waals surface area contributed by atoms with Crippen molar-refractivity contribution < 1.29 is 0 Å². The fourth-order valence-electron chi connectivity index (χ4n) is 1.94. The van der Waals surface area contributed by atoms with E-state index in [9.17, 15) is 0 Å². The molecule has 2 atom stereocenters. The highest BCUT2D eigenvalue weighted by Crippen LogP contribution is 2.14. The highest BCUT2D eigenvalue weighted by Gasteiger charge is 2.20. The second-order valence-electron chi connectivity index (χ2n) is 3.91. The summed E-state index contributed by atoms with van der Waals surface area (Å²) in [5.41, 5.74) is 6.01. The quantitative estimate of drug-likeness (QED) is 0.697. The van der Waals surface area contributed by atoms with Crippen LogP contribution in [-0.4, -0.2) is 30.1 Å². The zero-order valence-corrected chi connectivity index (χ0v) is 8.42. The molecule has 1 fully saturated rings. The Morgan fingerprint density at radius 3 is 2.33 bits per heavy atom. The van der Waals surface area contributed by atoms with Crippen molar-refractivity contribution in [3.63, 3.8) is 0 Å². The van der Waals surface area contributed by atoms with Gasteiger partial charge in [0.25, 0.3) is 0 Å². The lowest BCUT2D eigenvalue weighted by Gasteiger charge is -2.35. The maximum Gasteiger partial charge on any atom is 0.0218 e. The van der Waals surface area contributed by atoms with Gasteiger partial charge in [-0.15, -0.1) is 0 Å². The van der Waals surface area contributed by atoms with Crippen LogP contribution in [0.2, 0.25) is 0 Å². The van der Waals surface area contributed by atoms with E-state index >= 15 is 0 Å². The summed E-state index contributed by atoms with van der Waals surface area (Å²) >= 11 is 0. The van der Waals surface area contributed by atoms with Gasteiger partial charge in [-0.25, -0.2) is 0 Å². The van der Waals surface area contributed by atoms with Gasteiger partial charge in [0.15, 0.2) is 0 Å². The first-order valence-electron chi connectivity index (χ1n) is 5.25. The van der Waals surface area contributed by atoms with E-state index in [1.807, 2.05) is 0 Å². The third-order valence-corrected chi connectivity index (χ3v) is 3.06. The first-order chi connectivity index (χ1) is 5.75. The van der Waals surface area contributed by atoms with Crippen LogP contribution in [0.3, 0.4) is 0 Å². The van der Waals surface area contributed by atoms with Gasteiger partial charge in [-0.1, -0.05) is 13.3 Å². The van der Waals surface area contributed by atoms with Crippen LogP contribution in [0.25, 0.3) is 0 Å². The van der Waals surface area contributed by atoms with Crippen molar-refractivity contribution in [3.05, 3.63) is 0 Å². The van der Waals surface area contributed by atoms with Crippen LogP contribution < -0.4 is 5.73 Å². The molecule has 0 radical (unpaired) electrons. The largest absolute Gasteiger partial charge is 0.326 e. The molecule has 0 amide bonds. The molecule has 0 aromatic rings. The molecule has 72 valence electrons. The molecule has 0 aliphatic carbocycles. The van der Waals surface area contributed by atoms with Crippen LogP contribution in [0.5, 0.6) is 0 Å². The van der Waals surface area contributed by atoms with Gasteiger partial charge in [-0.2, -0.15) is 0 Å². The molecule has 1 aliphatic rings. The second kappa shape index (κ2) is 4.83. The van der Waals surface area contributed by atoms with E-state index in [1.165, 1.54) is 32.4 Å². The SMILES string of the molecule is CCC(N)C(C)N1CCCCC1. The maximum atomic E-state index is 6.01. The van der Waals surface area contributed by atoms with Gasteiger partial charge in [0.2, 0.25) is 0 Å². The Balaban J connectivity index is 2.33. The number of nitrogens with zero attached hydrogens (tertiary/aromatic N) is 1. The third-order valence-electron chi connectivity index (χ3n) is 3.06. The van der Waals surface area contributed by atoms with Gasteiger partial charge in [0.1, 0.15) is 0 Å². The maximum absolute atomic E-state index is 6.01. The molecule has 1 aliphatic heterocycles. The van der Waals surface area contributed by atoms with Crippen LogP contribution in [0.1, 0.15) is 39.5 Å². The summed E-state index contributed by atoms with van der Waals surface area (Å²) in [4.78, 5) is 2.54.